The summed E-state index contributed by atoms with van der Waals surface area (Å²) < 4.78 is 10.2. The largest absolute Gasteiger partial charge is 0.465 e. The summed E-state index contributed by atoms with van der Waals surface area (Å²) in [7, 11) is 1.38. The molecule has 3 heterocycles. The van der Waals surface area contributed by atoms with E-state index < -0.39 is 0 Å². The molecule has 0 atom stereocenters. The monoisotopic (exact) mass is 363 g/mol. The lowest BCUT2D eigenvalue weighted by molar-refractivity contribution is 0.0600. The molecule has 6 nitrogen and oxygen atoms in total. The van der Waals surface area contributed by atoms with Crippen LogP contribution >= 0.6 is 0 Å². The van der Waals surface area contributed by atoms with E-state index in [0.29, 0.717) is 12.0 Å². The maximum absolute atomic E-state index is 11.7. The molecule has 0 spiro atoms. The fraction of sp³-hybridized carbons (Fsp3) is 0.286. The molecule has 27 heavy (non-hydrogen) atoms. The zero-order valence-corrected chi connectivity index (χ0v) is 15.2. The Kier molecular flexibility index (Phi) is 4.98. The van der Waals surface area contributed by atoms with Crippen molar-refractivity contribution < 1.29 is 14.3 Å². The van der Waals surface area contributed by atoms with Crippen molar-refractivity contribution in [3.8, 4) is 0 Å². The number of morpholine rings is 1. The van der Waals surface area contributed by atoms with Crippen molar-refractivity contribution in [1.29, 1.82) is 0 Å². The van der Waals surface area contributed by atoms with Crippen molar-refractivity contribution in [2.45, 2.75) is 6.42 Å². The van der Waals surface area contributed by atoms with Crippen molar-refractivity contribution in [3.05, 3.63) is 65.6 Å². The number of ether oxygens (including phenoxy) is 2. The summed E-state index contributed by atoms with van der Waals surface area (Å²) in [4.78, 5) is 23.0. The predicted octanol–water partition coefficient (Wildman–Crippen LogP) is 2.84. The summed E-state index contributed by atoms with van der Waals surface area (Å²) in [6.45, 7) is 3.27. The average molecular weight is 363 g/mol. The zero-order chi connectivity index (χ0) is 18.6. The Balaban J connectivity index is 1.59. The number of carbonyl (C=O) groups is 1. The third-order valence-electron chi connectivity index (χ3n) is 4.73. The lowest BCUT2D eigenvalue weighted by atomic mass is 10.0. The molecule has 0 amide bonds. The van der Waals surface area contributed by atoms with E-state index in [2.05, 4.69) is 33.1 Å². The van der Waals surface area contributed by atoms with Gasteiger partial charge in [0.15, 0.2) is 0 Å². The molecular weight excluding hydrogens is 342 g/mol. The van der Waals surface area contributed by atoms with Gasteiger partial charge in [0.2, 0.25) is 0 Å². The van der Waals surface area contributed by atoms with Crippen LogP contribution in [0.25, 0.3) is 10.9 Å². The molecule has 0 N–H and O–H groups in total. The molecule has 0 bridgehead atoms. The number of hydrogen-bond acceptors (Lipinski definition) is 6. The summed E-state index contributed by atoms with van der Waals surface area (Å²) in [6, 6.07) is 11.8. The highest BCUT2D eigenvalue weighted by Gasteiger charge is 2.12. The number of pyridine rings is 2. The first-order chi connectivity index (χ1) is 13.2. The smallest absolute Gasteiger partial charge is 0.337 e. The Hall–Kier alpha value is -2.99. The van der Waals surface area contributed by atoms with Gasteiger partial charge < -0.3 is 14.4 Å². The predicted molar refractivity (Wildman–Crippen MR) is 103 cm³/mol. The molecule has 138 valence electrons. The number of anilines is 1. The summed E-state index contributed by atoms with van der Waals surface area (Å²) in [5.74, 6) is -0.350. The van der Waals surface area contributed by atoms with E-state index in [0.717, 1.165) is 54.2 Å². The van der Waals surface area contributed by atoms with Crippen LogP contribution in [0.5, 0.6) is 0 Å². The van der Waals surface area contributed by atoms with E-state index in [-0.39, 0.29) is 5.97 Å². The minimum Gasteiger partial charge on any atom is -0.465 e. The third kappa shape index (κ3) is 3.90. The van der Waals surface area contributed by atoms with Crippen LogP contribution in [0.3, 0.4) is 0 Å². The normalized spacial score (nSPS) is 14.3. The Labute approximate surface area is 157 Å². The highest BCUT2D eigenvalue weighted by atomic mass is 16.5. The standard InChI is InChI=1S/C21H21N3O3/c1-26-21(25)16-4-5-22-18(12-16)11-15-2-3-20-17(10-15)13-19(14-23-20)24-6-8-27-9-7-24/h2-5,10,12-14H,6-9,11H2,1H3. The Morgan fingerprint density at radius 3 is 2.81 bits per heavy atom. The molecule has 1 aliphatic heterocycles. The minimum absolute atomic E-state index is 0.350. The number of benzene rings is 1. The first-order valence-electron chi connectivity index (χ1n) is 8.97. The van der Waals surface area contributed by atoms with Crippen LogP contribution in [0.2, 0.25) is 0 Å². The molecule has 2 aromatic heterocycles. The first kappa shape index (κ1) is 17.4. The van der Waals surface area contributed by atoms with Gasteiger partial charge in [-0.1, -0.05) is 6.07 Å². The minimum atomic E-state index is -0.350. The number of methoxy groups -OCH3 is 1. The van der Waals surface area contributed by atoms with Crippen LogP contribution in [0, 0.1) is 0 Å². The molecule has 1 aliphatic rings. The van der Waals surface area contributed by atoms with Gasteiger partial charge in [-0.05, 0) is 35.9 Å². The van der Waals surface area contributed by atoms with Crippen LogP contribution in [0.1, 0.15) is 21.6 Å². The molecule has 4 rings (SSSR count). The molecule has 6 heteroatoms. The number of aromatic nitrogens is 2. The van der Waals surface area contributed by atoms with E-state index >= 15 is 0 Å². The second kappa shape index (κ2) is 7.72. The van der Waals surface area contributed by atoms with Crippen LogP contribution in [-0.4, -0.2) is 49.4 Å². The van der Waals surface area contributed by atoms with Crippen molar-refractivity contribution in [2.24, 2.45) is 0 Å². The average Bonchev–Trinajstić information content (AvgIpc) is 2.73. The number of carbonyl (C=O) groups excluding carboxylic acids is 1. The maximum atomic E-state index is 11.7. The molecule has 1 fully saturated rings. The summed E-state index contributed by atoms with van der Waals surface area (Å²) >= 11 is 0. The molecular formula is C21H21N3O3. The number of hydrogen-bond donors (Lipinski definition) is 0. The lowest BCUT2D eigenvalue weighted by Gasteiger charge is -2.28. The summed E-state index contributed by atoms with van der Waals surface area (Å²) in [5.41, 5.74) is 4.55. The fourth-order valence-electron chi connectivity index (χ4n) is 3.30. The second-order valence-corrected chi connectivity index (χ2v) is 6.52. The van der Waals surface area contributed by atoms with Crippen LogP contribution in [-0.2, 0) is 15.9 Å². The SMILES string of the molecule is COC(=O)c1ccnc(Cc2ccc3ncc(N4CCOCC4)cc3c2)c1. The number of nitrogens with zero attached hydrogens (tertiary/aromatic N) is 3. The maximum Gasteiger partial charge on any atom is 0.337 e. The summed E-state index contributed by atoms with van der Waals surface area (Å²) in [6.07, 6.45) is 4.21. The molecule has 0 saturated carbocycles. The van der Waals surface area contributed by atoms with Gasteiger partial charge in [-0.3, -0.25) is 9.97 Å². The van der Waals surface area contributed by atoms with E-state index in [1.165, 1.54) is 7.11 Å². The van der Waals surface area contributed by atoms with Gasteiger partial charge in [0.05, 0.1) is 43.3 Å². The van der Waals surface area contributed by atoms with Gasteiger partial charge in [-0.2, -0.15) is 0 Å². The van der Waals surface area contributed by atoms with Gasteiger partial charge in [0, 0.05) is 36.8 Å². The van der Waals surface area contributed by atoms with E-state index in [9.17, 15) is 4.79 Å². The second-order valence-electron chi connectivity index (χ2n) is 6.52. The summed E-state index contributed by atoms with van der Waals surface area (Å²) in [5, 5.41) is 1.10. The van der Waals surface area contributed by atoms with Crippen molar-refractivity contribution >= 4 is 22.6 Å². The quantitative estimate of drug-likeness (QED) is 0.664. The molecule has 1 aromatic carbocycles. The first-order valence-corrected chi connectivity index (χ1v) is 8.97. The number of esters is 1. The molecule has 0 aliphatic carbocycles. The lowest BCUT2D eigenvalue weighted by Crippen LogP contribution is -2.36. The van der Waals surface area contributed by atoms with Gasteiger partial charge in [0.25, 0.3) is 0 Å². The van der Waals surface area contributed by atoms with Crippen LogP contribution in [0.4, 0.5) is 5.69 Å². The van der Waals surface area contributed by atoms with Crippen molar-refractivity contribution in [3.63, 3.8) is 0 Å². The molecule has 3 aromatic rings. The van der Waals surface area contributed by atoms with E-state index in [4.69, 9.17) is 9.47 Å². The van der Waals surface area contributed by atoms with Gasteiger partial charge in [0.1, 0.15) is 0 Å². The van der Waals surface area contributed by atoms with E-state index in [1.54, 1.807) is 18.3 Å². The Morgan fingerprint density at radius 1 is 1.15 bits per heavy atom. The van der Waals surface area contributed by atoms with Gasteiger partial charge >= 0.3 is 5.97 Å². The Bertz CT molecular complexity index is 968. The highest BCUT2D eigenvalue weighted by Crippen LogP contribution is 2.23. The van der Waals surface area contributed by atoms with Crippen molar-refractivity contribution in [1.82, 2.24) is 9.97 Å². The van der Waals surface area contributed by atoms with Crippen LogP contribution < -0.4 is 4.90 Å². The number of rotatable bonds is 4. The van der Waals surface area contributed by atoms with Gasteiger partial charge in [-0.15, -0.1) is 0 Å². The van der Waals surface area contributed by atoms with E-state index in [1.807, 2.05) is 12.3 Å². The topological polar surface area (TPSA) is 64.5 Å². The highest BCUT2D eigenvalue weighted by molar-refractivity contribution is 5.89. The molecule has 0 unspecified atom stereocenters. The molecule has 1 saturated heterocycles. The zero-order valence-electron chi connectivity index (χ0n) is 15.2. The van der Waals surface area contributed by atoms with Crippen LogP contribution in [0.15, 0.2) is 48.8 Å². The fourth-order valence-corrected chi connectivity index (χ4v) is 3.30. The van der Waals surface area contributed by atoms with Gasteiger partial charge in [-0.25, -0.2) is 4.79 Å². The molecule has 0 radical (unpaired) electrons. The number of fused-ring (bicyclic) bond motifs is 1. The van der Waals surface area contributed by atoms with Crippen molar-refractivity contribution in [2.75, 3.05) is 38.3 Å². The third-order valence-corrected chi connectivity index (χ3v) is 4.73. The Morgan fingerprint density at radius 2 is 2.00 bits per heavy atom.